The lowest BCUT2D eigenvalue weighted by Crippen LogP contribution is -2.42. The maximum Gasteiger partial charge on any atom is 0.422 e. The summed E-state index contributed by atoms with van der Waals surface area (Å²) in [7, 11) is 0. The number of rotatable bonds is 6. The molecule has 21 heavy (non-hydrogen) atoms. The summed E-state index contributed by atoms with van der Waals surface area (Å²) in [5.74, 6) is 0.0605. The molecule has 0 saturated heterocycles. The molecule has 1 rings (SSSR count). The van der Waals surface area contributed by atoms with Gasteiger partial charge in [-0.1, -0.05) is 18.2 Å². The van der Waals surface area contributed by atoms with Gasteiger partial charge in [-0.2, -0.15) is 13.2 Å². The van der Waals surface area contributed by atoms with Crippen molar-refractivity contribution in [3.8, 4) is 5.75 Å². The Hall–Kier alpha value is -1.96. The number of hydrogen-bond acceptors (Lipinski definition) is 3. The van der Waals surface area contributed by atoms with Gasteiger partial charge in [-0.15, -0.1) is 0 Å². The van der Waals surface area contributed by atoms with Crippen LogP contribution in [0.1, 0.15) is 12.5 Å². The molecule has 1 atom stereocenters. The molecule has 5 nitrogen and oxygen atoms in total. The molecule has 0 spiro atoms. The van der Waals surface area contributed by atoms with Crippen LogP contribution in [0.25, 0.3) is 0 Å². The number of alkyl halides is 3. The summed E-state index contributed by atoms with van der Waals surface area (Å²) in [4.78, 5) is 11.5. The van der Waals surface area contributed by atoms with E-state index in [9.17, 15) is 18.0 Å². The maximum absolute atomic E-state index is 12.1. The van der Waals surface area contributed by atoms with Gasteiger partial charge in [-0.3, -0.25) is 0 Å². The number of carbonyl (C=O) groups is 1. The first-order valence-electron chi connectivity index (χ1n) is 6.24. The second kappa shape index (κ2) is 7.72. The van der Waals surface area contributed by atoms with Gasteiger partial charge in [0.05, 0.1) is 12.6 Å². The fourth-order valence-corrected chi connectivity index (χ4v) is 1.45. The molecule has 8 heteroatoms. The van der Waals surface area contributed by atoms with Crippen LogP contribution in [0.3, 0.4) is 0 Å². The molecule has 0 aliphatic rings. The van der Waals surface area contributed by atoms with Crippen molar-refractivity contribution in [1.82, 2.24) is 10.6 Å². The predicted molar refractivity (Wildman–Crippen MR) is 69.9 cm³/mol. The highest BCUT2D eigenvalue weighted by molar-refractivity contribution is 5.74. The number of ether oxygens (including phenoxy) is 1. The predicted octanol–water partition coefficient (Wildman–Crippen LogP) is 1.81. The first kappa shape index (κ1) is 17.1. The van der Waals surface area contributed by atoms with Crippen molar-refractivity contribution in [2.24, 2.45) is 0 Å². The van der Waals surface area contributed by atoms with Crippen LogP contribution in [0.15, 0.2) is 24.3 Å². The lowest BCUT2D eigenvalue weighted by atomic mass is 10.2. The standard InChI is InChI=1S/C13H17F3N2O3/c1-9(7-19)18-12(20)17-6-10-4-2-3-5-11(10)21-8-13(14,15)16/h2-5,9,19H,6-8H2,1H3,(H2,17,18,20). The summed E-state index contributed by atoms with van der Waals surface area (Å²) >= 11 is 0. The normalized spacial score (nSPS) is 12.6. The molecule has 1 aromatic rings. The van der Waals surface area contributed by atoms with Crippen molar-refractivity contribution in [2.75, 3.05) is 13.2 Å². The van der Waals surface area contributed by atoms with E-state index < -0.39 is 24.9 Å². The monoisotopic (exact) mass is 306 g/mol. The van der Waals surface area contributed by atoms with Gasteiger partial charge in [0.1, 0.15) is 5.75 Å². The van der Waals surface area contributed by atoms with Crippen LogP contribution >= 0.6 is 0 Å². The summed E-state index contributed by atoms with van der Waals surface area (Å²) in [5.41, 5.74) is 0.425. The second-order valence-electron chi connectivity index (χ2n) is 4.42. The zero-order valence-electron chi connectivity index (χ0n) is 11.4. The van der Waals surface area contributed by atoms with Crippen molar-refractivity contribution in [3.05, 3.63) is 29.8 Å². The first-order chi connectivity index (χ1) is 9.81. The molecule has 0 heterocycles. The summed E-state index contributed by atoms with van der Waals surface area (Å²) in [6.45, 7) is 0.0223. The van der Waals surface area contributed by atoms with Crippen molar-refractivity contribution in [2.45, 2.75) is 25.7 Å². The zero-order chi connectivity index (χ0) is 15.9. The lowest BCUT2D eigenvalue weighted by Gasteiger charge is -2.15. The molecule has 0 bridgehead atoms. The van der Waals surface area contributed by atoms with Gasteiger partial charge in [0.25, 0.3) is 0 Å². The van der Waals surface area contributed by atoms with E-state index in [-0.39, 0.29) is 18.9 Å². The number of aliphatic hydroxyl groups is 1. The number of hydrogen-bond donors (Lipinski definition) is 3. The van der Waals surface area contributed by atoms with Crippen LogP contribution in [-0.2, 0) is 6.54 Å². The molecular weight excluding hydrogens is 289 g/mol. The molecule has 0 fully saturated rings. The summed E-state index contributed by atoms with van der Waals surface area (Å²) < 4.78 is 41.1. The smallest absolute Gasteiger partial charge is 0.422 e. The summed E-state index contributed by atoms with van der Waals surface area (Å²) in [6, 6.07) is 5.19. The Morgan fingerprint density at radius 1 is 1.38 bits per heavy atom. The second-order valence-corrected chi connectivity index (χ2v) is 4.42. The number of benzene rings is 1. The van der Waals surface area contributed by atoms with Crippen molar-refractivity contribution >= 4 is 6.03 Å². The quantitative estimate of drug-likeness (QED) is 0.750. The van der Waals surface area contributed by atoms with Gasteiger partial charge in [-0.05, 0) is 13.0 Å². The third-order valence-corrected chi connectivity index (χ3v) is 2.45. The first-order valence-corrected chi connectivity index (χ1v) is 6.24. The topological polar surface area (TPSA) is 70.6 Å². The van der Waals surface area contributed by atoms with Crippen LogP contribution < -0.4 is 15.4 Å². The van der Waals surface area contributed by atoms with Gasteiger partial charge in [0.15, 0.2) is 6.61 Å². The largest absolute Gasteiger partial charge is 0.484 e. The van der Waals surface area contributed by atoms with Crippen LogP contribution in [0.2, 0.25) is 0 Å². The van der Waals surface area contributed by atoms with E-state index >= 15 is 0 Å². The third kappa shape index (κ3) is 6.84. The fraction of sp³-hybridized carbons (Fsp3) is 0.462. The summed E-state index contributed by atoms with van der Waals surface area (Å²) in [6.07, 6.45) is -4.42. The number of nitrogens with one attached hydrogen (secondary N) is 2. The number of carbonyl (C=O) groups excluding carboxylic acids is 1. The van der Waals surface area contributed by atoms with E-state index in [0.717, 1.165) is 0 Å². The molecule has 0 aliphatic heterocycles. The van der Waals surface area contributed by atoms with Gasteiger partial charge < -0.3 is 20.5 Å². The Balaban J connectivity index is 2.57. The molecule has 0 radical (unpaired) electrons. The fourth-order valence-electron chi connectivity index (χ4n) is 1.45. The third-order valence-electron chi connectivity index (χ3n) is 2.45. The molecular formula is C13H17F3N2O3. The molecule has 118 valence electrons. The Morgan fingerprint density at radius 2 is 2.05 bits per heavy atom. The maximum atomic E-state index is 12.1. The molecule has 1 aromatic carbocycles. The van der Waals surface area contributed by atoms with Crippen molar-refractivity contribution < 1.29 is 27.8 Å². The van der Waals surface area contributed by atoms with Crippen LogP contribution in [-0.4, -0.2) is 36.6 Å². The highest BCUT2D eigenvalue weighted by atomic mass is 19.4. The minimum atomic E-state index is -4.42. The zero-order valence-corrected chi connectivity index (χ0v) is 11.4. The van der Waals surface area contributed by atoms with Gasteiger partial charge in [-0.25, -0.2) is 4.79 Å². The van der Waals surface area contributed by atoms with E-state index in [1.54, 1.807) is 25.1 Å². The molecule has 0 aromatic heterocycles. The van der Waals surface area contributed by atoms with Gasteiger partial charge in [0.2, 0.25) is 0 Å². The molecule has 0 saturated carbocycles. The Kier molecular flexibility index (Phi) is 6.29. The Labute approximate surface area is 120 Å². The van der Waals surface area contributed by atoms with Crippen LogP contribution in [0.5, 0.6) is 5.75 Å². The number of amides is 2. The average molecular weight is 306 g/mol. The molecule has 3 N–H and O–H groups in total. The van der Waals surface area contributed by atoms with Gasteiger partial charge >= 0.3 is 12.2 Å². The highest BCUT2D eigenvalue weighted by Gasteiger charge is 2.28. The van der Waals surface area contributed by atoms with Crippen molar-refractivity contribution in [1.29, 1.82) is 0 Å². The Morgan fingerprint density at radius 3 is 2.67 bits per heavy atom. The van der Waals surface area contributed by atoms with Crippen molar-refractivity contribution in [3.63, 3.8) is 0 Å². The lowest BCUT2D eigenvalue weighted by molar-refractivity contribution is -0.153. The number of urea groups is 1. The van der Waals surface area contributed by atoms with E-state index in [1.807, 2.05) is 0 Å². The minimum absolute atomic E-state index is 0.0119. The number of aliphatic hydroxyl groups excluding tert-OH is 1. The molecule has 2 amide bonds. The number of para-hydroxylation sites is 1. The Bertz CT molecular complexity index is 466. The van der Waals surface area contributed by atoms with E-state index in [0.29, 0.717) is 5.56 Å². The van der Waals surface area contributed by atoms with Crippen LogP contribution in [0.4, 0.5) is 18.0 Å². The number of halogens is 3. The molecule has 1 unspecified atom stereocenters. The minimum Gasteiger partial charge on any atom is -0.484 e. The SMILES string of the molecule is CC(CO)NC(=O)NCc1ccccc1OCC(F)(F)F. The average Bonchev–Trinajstić information content (AvgIpc) is 2.42. The summed E-state index contributed by atoms with van der Waals surface area (Å²) in [5, 5.41) is 13.7. The highest BCUT2D eigenvalue weighted by Crippen LogP contribution is 2.21. The molecule has 0 aliphatic carbocycles. The van der Waals surface area contributed by atoms with E-state index in [4.69, 9.17) is 9.84 Å². The van der Waals surface area contributed by atoms with E-state index in [2.05, 4.69) is 10.6 Å². The van der Waals surface area contributed by atoms with Crippen LogP contribution in [0, 0.1) is 0 Å². The van der Waals surface area contributed by atoms with Gasteiger partial charge in [0, 0.05) is 12.1 Å². The van der Waals surface area contributed by atoms with E-state index in [1.165, 1.54) is 6.07 Å².